The average Bonchev–Trinajstić information content (AvgIpc) is 3.24. The third kappa shape index (κ3) is 2.28. The molecule has 1 fully saturated rings. The molecule has 1 saturated heterocycles. The number of piperidine rings is 1. The molecule has 2 aliphatic heterocycles. The minimum Gasteiger partial charge on any atom is -0.337 e. The first-order valence-corrected chi connectivity index (χ1v) is 9.35. The highest BCUT2D eigenvalue weighted by Crippen LogP contribution is 2.47. The zero-order chi connectivity index (χ0) is 18.3. The Labute approximate surface area is 153 Å². The highest BCUT2D eigenvalue weighted by Gasteiger charge is 2.51. The van der Waals surface area contributed by atoms with E-state index in [2.05, 4.69) is 11.2 Å². The van der Waals surface area contributed by atoms with Gasteiger partial charge in [0.1, 0.15) is 5.69 Å². The Kier molecular flexibility index (Phi) is 4.05. The lowest BCUT2D eigenvalue weighted by Gasteiger charge is -2.38. The van der Waals surface area contributed by atoms with Gasteiger partial charge < -0.3 is 9.80 Å². The number of anilines is 1. The van der Waals surface area contributed by atoms with Gasteiger partial charge in [0, 0.05) is 38.1 Å². The maximum atomic E-state index is 13.2. The average molecular weight is 352 g/mol. The normalized spacial score (nSPS) is 18.5. The standard InChI is InChI=1S/C20H24N4O2/c1-3-23-16-8-6-5-7-15(16)20(19(23)26)10-13-22(14-11-20)18(25)17-9-12-21-24(17)4-2/h5-9,12H,3-4,10-11,13-14H2,1-2H3. The number of amides is 2. The Balaban J connectivity index is 1.58. The van der Waals surface area contributed by atoms with Gasteiger partial charge in [-0.1, -0.05) is 18.2 Å². The van der Waals surface area contributed by atoms with Gasteiger partial charge in [0.2, 0.25) is 5.91 Å². The van der Waals surface area contributed by atoms with E-state index < -0.39 is 5.41 Å². The summed E-state index contributed by atoms with van der Waals surface area (Å²) in [5.41, 5.74) is 2.30. The number of hydrogen-bond acceptors (Lipinski definition) is 3. The van der Waals surface area contributed by atoms with Crippen molar-refractivity contribution in [3.63, 3.8) is 0 Å². The van der Waals surface area contributed by atoms with E-state index in [9.17, 15) is 9.59 Å². The van der Waals surface area contributed by atoms with Crippen molar-refractivity contribution in [3.05, 3.63) is 47.8 Å². The topological polar surface area (TPSA) is 58.4 Å². The summed E-state index contributed by atoms with van der Waals surface area (Å²) in [6, 6.07) is 9.86. The van der Waals surface area contributed by atoms with E-state index in [0.717, 1.165) is 11.3 Å². The quantitative estimate of drug-likeness (QED) is 0.852. The summed E-state index contributed by atoms with van der Waals surface area (Å²) < 4.78 is 1.72. The van der Waals surface area contributed by atoms with Gasteiger partial charge in [0.25, 0.3) is 5.91 Å². The molecule has 1 aromatic heterocycles. The summed E-state index contributed by atoms with van der Waals surface area (Å²) in [7, 11) is 0. The third-order valence-electron chi connectivity index (χ3n) is 5.82. The van der Waals surface area contributed by atoms with Crippen LogP contribution < -0.4 is 4.90 Å². The number of rotatable bonds is 3. The van der Waals surface area contributed by atoms with Crippen LogP contribution in [-0.4, -0.2) is 46.1 Å². The van der Waals surface area contributed by atoms with Crippen LogP contribution in [0.2, 0.25) is 0 Å². The van der Waals surface area contributed by atoms with Crippen LogP contribution in [0.15, 0.2) is 36.5 Å². The maximum Gasteiger partial charge on any atom is 0.272 e. The van der Waals surface area contributed by atoms with E-state index in [1.165, 1.54) is 0 Å². The molecule has 0 saturated carbocycles. The van der Waals surface area contributed by atoms with Gasteiger partial charge >= 0.3 is 0 Å². The van der Waals surface area contributed by atoms with Crippen LogP contribution in [-0.2, 0) is 16.8 Å². The largest absolute Gasteiger partial charge is 0.337 e. The lowest BCUT2D eigenvalue weighted by Crippen LogP contribution is -2.50. The number of carbonyl (C=O) groups is 2. The molecule has 2 aliphatic rings. The summed E-state index contributed by atoms with van der Waals surface area (Å²) in [4.78, 5) is 29.8. The molecule has 4 rings (SSSR count). The Morgan fingerprint density at radius 1 is 1.12 bits per heavy atom. The Bertz CT molecular complexity index is 849. The number of carbonyl (C=O) groups excluding carboxylic acids is 2. The van der Waals surface area contributed by atoms with E-state index in [4.69, 9.17) is 0 Å². The highest BCUT2D eigenvalue weighted by molar-refractivity contribution is 6.08. The summed E-state index contributed by atoms with van der Waals surface area (Å²) in [5, 5.41) is 4.19. The number of nitrogens with zero attached hydrogens (tertiary/aromatic N) is 4. The van der Waals surface area contributed by atoms with Gasteiger partial charge in [0.05, 0.1) is 5.41 Å². The van der Waals surface area contributed by atoms with Crippen molar-refractivity contribution in [1.82, 2.24) is 14.7 Å². The van der Waals surface area contributed by atoms with Crippen LogP contribution in [0.25, 0.3) is 0 Å². The maximum absolute atomic E-state index is 13.2. The van der Waals surface area contributed by atoms with Crippen LogP contribution in [0, 0.1) is 0 Å². The summed E-state index contributed by atoms with van der Waals surface area (Å²) in [6.07, 6.45) is 3.01. The fourth-order valence-electron chi connectivity index (χ4n) is 4.41. The Morgan fingerprint density at radius 2 is 1.85 bits per heavy atom. The monoisotopic (exact) mass is 352 g/mol. The van der Waals surface area contributed by atoms with Crippen LogP contribution in [0.4, 0.5) is 5.69 Å². The third-order valence-corrected chi connectivity index (χ3v) is 5.82. The molecule has 6 nitrogen and oxygen atoms in total. The smallest absolute Gasteiger partial charge is 0.272 e. The minimum atomic E-state index is -0.478. The van der Waals surface area contributed by atoms with Gasteiger partial charge in [-0.25, -0.2) is 0 Å². The number of para-hydroxylation sites is 1. The molecular formula is C20H24N4O2. The van der Waals surface area contributed by atoms with E-state index in [0.29, 0.717) is 44.7 Å². The molecule has 0 N–H and O–H groups in total. The van der Waals surface area contributed by atoms with E-state index in [-0.39, 0.29) is 11.8 Å². The molecule has 0 radical (unpaired) electrons. The molecule has 6 heteroatoms. The summed E-state index contributed by atoms with van der Waals surface area (Å²) in [5.74, 6) is 0.192. The van der Waals surface area contributed by atoms with Crippen molar-refractivity contribution in [2.45, 2.75) is 38.6 Å². The molecule has 1 spiro atoms. The van der Waals surface area contributed by atoms with E-state index in [1.807, 2.05) is 41.8 Å². The first-order valence-electron chi connectivity index (χ1n) is 9.35. The number of aromatic nitrogens is 2. The Hall–Kier alpha value is -2.63. The number of hydrogen-bond donors (Lipinski definition) is 0. The van der Waals surface area contributed by atoms with Crippen molar-refractivity contribution in [3.8, 4) is 0 Å². The molecule has 1 aromatic carbocycles. The lowest BCUT2D eigenvalue weighted by atomic mass is 9.73. The fraction of sp³-hybridized carbons (Fsp3) is 0.450. The van der Waals surface area contributed by atoms with Gasteiger partial charge in [-0.05, 0) is 44.4 Å². The van der Waals surface area contributed by atoms with Gasteiger partial charge in [-0.15, -0.1) is 0 Å². The molecule has 0 atom stereocenters. The second-order valence-corrected chi connectivity index (χ2v) is 6.97. The first kappa shape index (κ1) is 16.8. The lowest BCUT2D eigenvalue weighted by molar-refractivity contribution is -0.124. The van der Waals surface area contributed by atoms with Crippen molar-refractivity contribution >= 4 is 17.5 Å². The van der Waals surface area contributed by atoms with Crippen LogP contribution >= 0.6 is 0 Å². The number of likely N-dealkylation sites (N-methyl/N-ethyl adjacent to an activating group) is 1. The highest BCUT2D eigenvalue weighted by atomic mass is 16.2. The number of likely N-dealkylation sites (tertiary alicyclic amines) is 1. The SMILES string of the molecule is CCN1C(=O)C2(CCN(C(=O)c3ccnn3CC)CC2)c2ccccc21. The molecule has 2 amide bonds. The number of aryl methyl sites for hydroxylation is 1. The van der Waals surface area contributed by atoms with Gasteiger partial charge in [-0.2, -0.15) is 5.10 Å². The predicted octanol–water partition coefficient (Wildman–Crippen LogP) is 2.44. The van der Waals surface area contributed by atoms with Crippen LogP contribution in [0.5, 0.6) is 0 Å². The van der Waals surface area contributed by atoms with Crippen molar-refractivity contribution in [2.75, 3.05) is 24.5 Å². The number of fused-ring (bicyclic) bond motifs is 2. The zero-order valence-electron chi connectivity index (χ0n) is 15.3. The molecule has 136 valence electrons. The second kappa shape index (κ2) is 6.27. The summed E-state index contributed by atoms with van der Waals surface area (Å²) >= 11 is 0. The molecule has 0 bridgehead atoms. The van der Waals surface area contributed by atoms with E-state index in [1.54, 1.807) is 16.9 Å². The van der Waals surface area contributed by atoms with Crippen LogP contribution in [0.1, 0.15) is 42.7 Å². The van der Waals surface area contributed by atoms with Crippen molar-refractivity contribution in [2.24, 2.45) is 0 Å². The van der Waals surface area contributed by atoms with E-state index >= 15 is 0 Å². The second-order valence-electron chi connectivity index (χ2n) is 6.97. The van der Waals surface area contributed by atoms with Crippen LogP contribution in [0.3, 0.4) is 0 Å². The Morgan fingerprint density at radius 3 is 2.54 bits per heavy atom. The van der Waals surface area contributed by atoms with Crippen molar-refractivity contribution in [1.29, 1.82) is 0 Å². The molecule has 26 heavy (non-hydrogen) atoms. The van der Waals surface area contributed by atoms with Gasteiger partial charge in [-0.3, -0.25) is 14.3 Å². The molecular weight excluding hydrogens is 328 g/mol. The fourth-order valence-corrected chi connectivity index (χ4v) is 4.41. The number of benzene rings is 1. The first-order chi connectivity index (χ1) is 12.6. The van der Waals surface area contributed by atoms with Gasteiger partial charge in [0.15, 0.2) is 0 Å². The summed E-state index contributed by atoms with van der Waals surface area (Å²) in [6.45, 7) is 6.51. The predicted molar refractivity (Wildman–Crippen MR) is 99.2 cm³/mol. The minimum absolute atomic E-state index is 0.00489. The van der Waals surface area contributed by atoms with Crippen molar-refractivity contribution < 1.29 is 9.59 Å². The zero-order valence-corrected chi connectivity index (χ0v) is 15.3. The molecule has 3 heterocycles. The molecule has 0 unspecified atom stereocenters. The molecule has 2 aromatic rings. The molecule has 0 aliphatic carbocycles.